The van der Waals surface area contributed by atoms with Crippen LogP contribution in [0.2, 0.25) is 0 Å². The third-order valence-electron chi connectivity index (χ3n) is 7.61. The first-order chi connectivity index (χ1) is 17.3. The van der Waals surface area contributed by atoms with Gasteiger partial charge in [0.15, 0.2) is 0 Å². The number of nitrogens with zero attached hydrogens (tertiary/aromatic N) is 3. The summed E-state index contributed by atoms with van der Waals surface area (Å²) in [6.45, 7) is 6.73. The first kappa shape index (κ1) is 23.9. The van der Waals surface area contributed by atoms with Crippen LogP contribution < -0.4 is 10.2 Å². The van der Waals surface area contributed by atoms with Gasteiger partial charge in [0.05, 0.1) is 4.92 Å². The first-order valence-electron chi connectivity index (χ1n) is 12.2. The van der Waals surface area contributed by atoms with Crippen molar-refractivity contribution in [1.82, 2.24) is 4.90 Å². The van der Waals surface area contributed by atoms with Crippen LogP contribution in [0.1, 0.15) is 35.1 Å². The number of hydrogen-bond donors (Lipinski definition) is 1. The summed E-state index contributed by atoms with van der Waals surface area (Å²) in [5, 5.41) is 14.0. The van der Waals surface area contributed by atoms with Gasteiger partial charge in [-0.05, 0) is 80.2 Å². The molecular weight excluding hydrogens is 459 g/mol. The number of nitrogens with one attached hydrogen (secondary N) is 1. The second kappa shape index (κ2) is 9.35. The maximum absolute atomic E-state index is 14.4. The summed E-state index contributed by atoms with van der Waals surface area (Å²) >= 11 is 0. The molecule has 0 radical (unpaired) electrons. The van der Waals surface area contributed by atoms with Crippen molar-refractivity contribution in [3.05, 3.63) is 98.8 Å². The standard InChI is InChI=1S/C28H29FN4O3/c1-19-4-3-5-20(2)26(19)30-27(34)32-18-28(24-16-22(29)8-11-25(24)32)12-14-31(15-13-28)17-21-6-9-23(10-7-21)33(35)36/h3-11,16H,12-15,17-18H2,1-2H3,(H,30,34). The predicted octanol–water partition coefficient (Wildman–Crippen LogP) is 5.94. The molecule has 1 fully saturated rings. The van der Waals surface area contributed by atoms with Crippen molar-refractivity contribution in [2.45, 2.75) is 38.6 Å². The van der Waals surface area contributed by atoms with Gasteiger partial charge < -0.3 is 5.32 Å². The number of piperidine rings is 1. The minimum atomic E-state index is -0.395. The average molecular weight is 489 g/mol. The molecule has 2 aliphatic rings. The van der Waals surface area contributed by atoms with E-state index in [9.17, 15) is 19.3 Å². The van der Waals surface area contributed by atoms with E-state index < -0.39 is 4.92 Å². The van der Waals surface area contributed by atoms with Gasteiger partial charge in [0.2, 0.25) is 0 Å². The molecule has 0 aromatic heterocycles. The summed E-state index contributed by atoms with van der Waals surface area (Å²) in [4.78, 5) is 28.0. The molecule has 1 saturated heterocycles. The fraction of sp³-hybridized carbons (Fsp3) is 0.321. The lowest BCUT2D eigenvalue weighted by Crippen LogP contribution is -2.46. The first-order valence-corrected chi connectivity index (χ1v) is 12.2. The summed E-state index contributed by atoms with van der Waals surface area (Å²) in [6, 6.07) is 17.1. The number of fused-ring (bicyclic) bond motifs is 2. The highest BCUT2D eigenvalue weighted by atomic mass is 19.1. The van der Waals surface area contributed by atoms with Crippen LogP contribution in [0.3, 0.4) is 0 Å². The molecule has 2 heterocycles. The topological polar surface area (TPSA) is 78.7 Å². The number of halogens is 1. The molecule has 8 heteroatoms. The lowest BCUT2D eigenvalue weighted by molar-refractivity contribution is -0.384. The van der Waals surface area contributed by atoms with Crippen molar-refractivity contribution < 1.29 is 14.1 Å². The van der Waals surface area contributed by atoms with Crippen LogP contribution in [0.25, 0.3) is 0 Å². The number of non-ortho nitro benzene ring substituents is 1. The Hall–Kier alpha value is -3.78. The number of carbonyl (C=O) groups is 1. The molecular formula is C28H29FN4O3. The van der Waals surface area contributed by atoms with Crippen LogP contribution in [0.15, 0.2) is 60.7 Å². The minimum absolute atomic E-state index is 0.0835. The van der Waals surface area contributed by atoms with E-state index in [2.05, 4.69) is 10.2 Å². The number of urea groups is 1. The number of amides is 2. The van der Waals surface area contributed by atoms with Gasteiger partial charge >= 0.3 is 6.03 Å². The second-order valence-electron chi connectivity index (χ2n) is 9.92. The van der Waals surface area contributed by atoms with Crippen LogP contribution in [0.4, 0.5) is 26.2 Å². The number of anilines is 2. The van der Waals surface area contributed by atoms with Gasteiger partial charge in [-0.1, -0.05) is 30.3 Å². The zero-order valence-corrected chi connectivity index (χ0v) is 20.5. The molecule has 0 unspecified atom stereocenters. The Morgan fingerprint density at radius 1 is 1.06 bits per heavy atom. The number of carbonyl (C=O) groups excluding carboxylic acids is 1. The number of rotatable bonds is 4. The van der Waals surface area contributed by atoms with Crippen LogP contribution in [0.5, 0.6) is 0 Å². The molecule has 1 spiro atoms. The van der Waals surface area contributed by atoms with Crippen molar-refractivity contribution in [2.24, 2.45) is 0 Å². The minimum Gasteiger partial charge on any atom is -0.307 e. The number of nitro groups is 1. The smallest absolute Gasteiger partial charge is 0.307 e. The molecule has 2 aliphatic heterocycles. The Kier molecular flexibility index (Phi) is 6.22. The van der Waals surface area contributed by atoms with Crippen molar-refractivity contribution in [3.63, 3.8) is 0 Å². The summed E-state index contributed by atoms with van der Waals surface area (Å²) in [5.41, 5.74) is 5.27. The van der Waals surface area contributed by atoms with Crippen LogP contribution in [-0.2, 0) is 12.0 Å². The highest BCUT2D eigenvalue weighted by molar-refractivity contribution is 6.04. The van der Waals surface area contributed by atoms with E-state index in [4.69, 9.17) is 0 Å². The molecule has 1 N–H and O–H groups in total. The summed E-state index contributed by atoms with van der Waals surface area (Å²) < 4.78 is 14.4. The largest absolute Gasteiger partial charge is 0.326 e. The lowest BCUT2D eigenvalue weighted by Gasteiger charge is -2.40. The van der Waals surface area contributed by atoms with Gasteiger partial charge in [-0.3, -0.25) is 19.9 Å². The Morgan fingerprint density at radius 3 is 2.36 bits per heavy atom. The number of likely N-dealkylation sites (tertiary alicyclic amines) is 1. The summed E-state index contributed by atoms with van der Waals surface area (Å²) in [6.07, 6.45) is 1.59. The third-order valence-corrected chi connectivity index (χ3v) is 7.61. The Balaban J connectivity index is 1.33. The average Bonchev–Trinajstić information content (AvgIpc) is 3.16. The zero-order chi connectivity index (χ0) is 25.4. The highest BCUT2D eigenvalue weighted by Crippen LogP contribution is 2.47. The number of hydrogen-bond acceptors (Lipinski definition) is 4. The van der Waals surface area contributed by atoms with Crippen molar-refractivity contribution in [2.75, 3.05) is 29.9 Å². The molecule has 186 valence electrons. The van der Waals surface area contributed by atoms with Gasteiger partial charge in [0, 0.05) is 42.0 Å². The molecule has 36 heavy (non-hydrogen) atoms. The van der Waals surface area contributed by atoms with Crippen LogP contribution in [0, 0.1) is 29.8 Å². The van der Waals surface area contributed by atoms with Gasteiger partial charge in [-0.25, -0.2) is 9.18 Å². The molecule has 3 aromatic rings. The maximum atomic E-state index is 14.4. The number of nitro benzene ring substituents is 1. The van der Waals surface area contributed by atoms with E-state index in [1.165, 1.54) is 18.2 Å². The molecule has 2 amide bonds. The van der Waals surface area contributed by atoms with E-state index in [0.717, 1.165) is 59.6 Å². The van der Waals surface area contributed by atoms with E-state index >= 15 is 0 Å². The maximum Gasteiger partial charge on any atom is 0.326 e. The van der Waals surface area contributed by atoms with Crippen molar-refractivity contribution >= 4 is 23.1 Å². The molecule has 0 saturated carbocycles. The molecule has 0 bridgehead atoms. The van der Waals surface area contributed by atoms with E-state index in [-0.39, 0.29) is 23.0 Å². The van der Waals surface area contributed by atoms with Crippen LogP contribution >= 0.6 is 0 Å². The Labute approximate surface area is 209 Å². The Bertz CT molecular complexity index is 1300. The molecule has 3 aromatic carbocycles. The van der Waals surface area contributed by atoms with Gasteiger partial charge in [-0.15, -0.1) is 0 Å². The summed E-state index contributed by atoms with van der Waals surface area (Å²) in [5.74, 6) is -0.293. The fourth-order valence-electron chi connectivity index (χ4n) is 5.56. The molecule has 0 atom stereocenters. The second-order valence-corrected chi connectivity index (χ2v) is 9.92. The number of para-hydroxylation sites is 1. The van der Waals surface area contributed by atoms with Gasteiger partial charge in [0.25, 0.3) is 5.69 Å². The predicted molar refractivity (Wildman–Crippen MR) is 138 cm³/mol. The number of benzene rings is 3. The van der Waals surface area contributed by atoms with E-state index in [1.54, 1.807) is 29.2 Å². The monoisotopic (exact) mass is 488 g/mol. The molecule has 7 nitrogen and oxygen atoms in total. The van der Waals surface area contributed by atoms with Crippen molar-refractivity contribution in [3.8, 4) is 0 Å². The van der Waals surface area contributed by atoms with Gasteiger partial charge in [0.1, 0.15) is 5.82 Å². The summed E-state index contributed by atoms with van der Waals surface area (Å²) in [7, 11) is 0. The van der Waals surface area contributed by atoms with Crippen molar-refractivity contribution in [1.29, 1.82) is 0 Å². The third kappa shape index (κ3) is 4.44. The van der Waals surface area contributed by atoms with E-state index in [0.29, 0.717) is 13.1 Å². The fourth-order valence-corrected chi connectivity index (χ4v) is 5.56. The SMILES string of the molecule is Cc1cccc(C)c1NC(=O)N1CC2(CCN(Cc3ccc([N+](=O)[O-])cc3)CC2)c2cc(F)ccc21. The number of aryl methyl sites for hydroxylation is 2. The molecule has 5 rings (SSSR count). The lowest BCUT2D eigenvalue weighted by atomic mass is 9.74. The molecule has 0 aliphatic carbocycles. The normalized spacial score (nSPS) is 16.7. The quantitative estimate of drug-likeness (QED) is 0.364. The zero-order valence-electron chi connectivity index (χ0n) is 20.5. The highest BCUT2D eigenvalue weighted by Gasteiger charge is 2.46. The van der Waals surface area contributed by atoms with E-state index in [1.807, 2.05) is 32.0 Å². The van der Waals surface area contributed by atoms with Gasteiger partial charge in [-0.2, -0.15) is 0 Å². The Morgan fingerprint density at radius 2 is 1.72 bits per heavy atom. The van der Waals surface area contributed by atoms with Crippen LogP contribution in [-0.4, -0.2) is 35.5 Å².